The summed E-state index contributed by atoms with van der Waals surface area (Å²) in [5.41, 5.74) is 6.10. The summed E-state index contributed by atoms with van der Waals surface area (Å²) in [5.74, 6) is -0.680. The van der Waals surface area contributed by atoms with Crippen LogP contribution in [0.1, 0.15) is 30.3 Å². The zero-order chi connectivity index (χ0) is 15.5. The normalized spacial score (nSPS) is 16.5. The van der Waals surface area contributed by atoms with Crippen molar-refractivity contribution >= 4 is 30.0 Å². The Bertz CT molecular complexity index is 538. The van der Waals surface area contributed by atoms with Crippen LogP contribution in [-0.2, 0) is 21.3 Å². The smallest absolute Gasteiger partial charge is 0.355 e. The summed E-state index contributed by atoms with van der Waals surface area (Å²) in [6, 6.07) is 1.58. The Morgan fingerprint density at radius 2 is 2.09 bits per heavy atom. The molecule has 0 spiro atoms. The largest absolute Gasteiger partial charge is 0.461 e. The predicted octanol–water partition coefficient (Wildman–Crippen LogP) is 1.07. The molecule has 1 saturated heterocycles. The van der Waals surface area contributed by atoms with Crippen molar-refractivity contribution in [2.75, 3.05) is 25.1 Å². The van der Waals surface area contributed by atoms with E-state index in [0.717, 1.165) is 0 Å². The first-order valence-electron chi connectivity index (χ1n) is 6.98. The van der Waals surface area contributed by atoms with Gasteiger partial charge in [-0.15, -0.1) is 12.4 Å². The lowest BCUT2D eigenvalue weighted by Crippen LogP contribution is -2.54. The minimum atomic E-state index is -0.918. The van der Waals surface area contributed by atoms with Crippen LogP contribution in [0.15, 0.2) is 12.3 Å². The Balaban J connectivity index is 0.00000242. The molecule has 2 rings (SSSR count). The molecule has 0 atom stereocenters. The fourth-order valence-corrected chi connectivity index (χ4v) is 2.26. The number of nitrogens with two attached hydrogens (primary N) is 1. The van der Waals surface area contributed by atoms with Crippen molar-refractivity contribution in [1.82, 2.24) is 4.57 Å². The quantitative estimate of drug-likeness (QED) is 0.805. The van der Waals surface area contributed by atoms with Gasteiger partial charge < -0.3 is 25.1 Å². The Morgan fingerprint density at radius 3 is 2.68 bits per heavy atom. The number of rotatable bonds is 4. The number of anilines is 1. The van der Waals surface area contributed by atoms with Crippen molar-refractivity contribution in [1.29, 1.82) is 0 Å². The highest BCUT2D eigenvalue weighted by atomic mass is 35.5. The maximum atomic E-state index is 12.3. The van der Waals surface area contributed by atoms with E-state index in [4.69, 9.17) is 15.2 Å². The predicted molar refractivity (Wildman–Crippen MR) is 84.2 cm³/mol. The fraction of sp³-hybridized carbons (Fsp3) is 0.571. The van der Waals surface area contributed by atoms with Gasteiger partial charge in [0, 0.05) is 26.5 Å². The standard InChI is InChI=1S/C14H21N3O4.ClH/c1-3-21-12(18)11-8-10(9-17(11)2)16-13(19)14(15)4-6-20-7-5-14;/h8-9H,3-7,15H2,1-2H3,(H,16,19);1H. The number of hydrogen-bond donors (Lipinski definition) is 2. The van der Waals surface area contributed by atoms with Crippen molar-refractivity contribution in [2.24, 2.45) is 12.8 Å². The number of aromatic nitrogens is 1. The number of ether oxygens (including phenoxy) is 2. The lowest BCUT2D eigenvalue weighted by molar-refractivity contribution is -0.124. The lowest BCUT2D eigenvalue weighted by atomic mass is 9.90. The van der Waals surface area contributed by atoms with Crippen LogP contribution in [-0.4, -0.2) is 41.8 Å². The molecule has 1 aromatic heterocycles. The van der Waals surface area contributed by atoms with Crippen molar-refractivity contribution in [3.8, 4) is 0 Å². The molecule has 1 aliphatic rings. The van der Waals surface area contributed by atoms with E-state index in [1.807, 2.05) is 0 Å². The summed E-state index contributed by atoms with van der Waals surface area (Å²) in [7, 11) is 1.72. The summed E-state index contributed by atoms with van der Waals surface area (Å²) < 4.78 is 11.8. The third-order valence-corrected chi connectivity index (χ3v) is 3.58. The molecule has 0 unspecified atom stereocenters. The summed E-state index contributed by atoms with van der Waals surface area (Å²) in [4.78, 5) is 24.0. The molecule has 0 aliphatic carbocycles. The highest BCUT2D eigenvalue weighted by molar-refractivity contribution is 5.99. The van der Waals surface area contributed by atoms with E-state index in [-0.39, 0.29) is 18.3 Å². The van der Waals surface area contributed by atoms with E-state index in [2.05, 4.69) is 5.32 Å². The third-order valence-electron chi connectivity index (χ3n) is 3.58. The van der Waals surface area contributed by atoms with E-state index < -0.39 is 11.5 Å². The van der Waals surface area contributed by atoms with Crippen molar-refractivity contribution in [2.45, 2.75) is 25.3 Å². The molecule has 1 aliphatic heterocycles. The molecular weight excluding hydrogens is 310 g/mol. The molecule has 1 amide bonds. The van der Waals surface area contributed by atoms with Gasteiger partial charge in [-0.05, 0) is 25.8 Å². The molecule has 0 saturated carbocycles. The molecule has 0 aromatic carbocycles. The molecule has 124 valence electrons. The highest BCUT2D eigenvalue weighted by Crippen LogP contribution is 2.21. The van der Waals surface area contributed by atoms with Crippen LogP contribution >= 0.6 is 12.4 Å². The molecular formula is C14H22ClN3O4. The monoisotopic (exact) mass is 331 g/mol. The number of aryl methyl sites for hydroxylation is 1. The van der Waals surface area contributed by atoms with Crippen LogP contribution in [0.3, 0.4) is 0 Å². The number of esters is 1. The number of nitrogens with zero attached hydrogens (tertiary/aromatic N) is 1. The molecule has 0 bridgehead atoms. The second kappa shape index (κ2) is 7.62. The van der Waals surface area contributed by atoms with Crippen LogP contribution in [0.4, 0.5) is 5.69 Å². The van der Waals surface area contributed by atoms with Gasteiger partial charge in [-0.25, -0.2) is 4.79 Å². The van der Waals surface area contributed by atoms with Gasteiger partial charge in [-0.2, -0.15) is 0 Å². The second-order valence-corrected chi connectivity index (χ2v) is 5.17. The molecule has 22 heavy (non-hydrogen) atoms. The Hall–Kier alpha value is -1.57. The van der Waals surface area contributed by atoms with E-state index >= 15 is 0 Å². The van der Waals surface area contributed by atoms with Crippen LogP contribution < -0.4 is 11.1 Å². The van der Waals surface area contributed by atoms with Crippen LogP contribution in [0.2, 0.25) is 0 Å². The lowest BCUT2D eigenvalue weighted by Gasteiger charge is -2.31. The van der Waals surface area contributed by atoms with Crippen molar-refractivity contribution in [3.05, 3.63) is 18.0 Å². The Labute approximate surface area is 135 Å². The van der Waals surface area contributed by atoms with E-state index in [1.165, 1.54) is 0 Å². The highest BCUT2D eigenvalue weighted by Gasteiger charge is 2.36. The van der Waals surface area contributed by atoms with Gasteiger partial charge in [0.25, 0.3) is 0 Å². The summed E-state index contributed by atoms with van der Waals surface area (Å²) in [6.07, 6.45) is 2.62. The van der Waals surface area contributed by atoms with Crippen molar-refractivity contribution < 1.29 is 19.1 Å². The van der Waals surface area contributed by atoms with Gasteiger partial charge in [0.15, 0.2) is 0 Å². The summed E-state index contributed by atoms with van der Waals surface area (Å²) in [5, 5.41) is 2.76. The summed E-state index contributed by atoms with van der Waals surface area (Å²) >= 11 is 0. The number of halogens is 1. The van der Waals surface area contributed by atoms with E-state index in [0.29, 0.717) is 44.0 Å². The SMILES string of the molecule is CCOC(=O)c1cc(NC(=O)C2(N)CCOCC2)cn1C.Cl. The van der Waals surface area contributed by atoms with Gasteiger partial charge in [0.2, 0.25) is 5.91 Å². The maximum Gasteiger partial charge on any atom is 0.355 e. The Kier molecular flexibility index (Phi) is 6.40. The first kappa shape index (κ1) is 18.5. The third kappa shape index (κ3) is 4.00. The zero-order valence-corrected chi connectivity index (χ0v) is 13.6. The fourth-order valence-electron chi connectivity index (χ4n) is 2.26. The van der Waals surface area contributed by atoms with Gasteiger partial charge in [-0.3, -0.25) is 4.79 Å². The number of nitrogens with one attached hydrogen (secondary N) is 1. The molecule has 0 radical (unpaired) electrons. The van der Waals surface area contributed by atoms with Crippen LogP contribution in [0.5, 0.6) is 0 Å². The first-order valence-corrected chi connectivity index (χ1v) is 6.98. The maximum absolute atomic E-state index is 12.3. The molecule has 1 aromatic rings. The Morgan fingerprint density at radius 1 is 1.45 bits per heavy atom. The first-order chi connectivity index (χ1) is 9.96. The topological polar surface area (TPSA) is 95.6 Å². The molecule has 1 fully saturated rings. The van der Waals surface area contributed by atoms with E-state index in [1.54, 1.807) is 30.8 Å². The molecule has 2 heterocycles. The van der Waals surface area contributed by atoms with E-state index in [9.17, 15) is 9.59 Å². The number of hydrogen-bond acceptors (Lipinski definition) is 5. The number of carbonyl (C=O) groups is 2. The van der Waals surface area contributed by atoms with Gasteiger partial charge >= 0.3 is 5.97 Å². The second-order valence-electron chi connectivity index (χ2n) is 5.17. The van der Waals surface area contributed by atoms with Crippen molar-refractivity contribution in [3.63, 3.8) is 0 Å². The van der Waals surface area contributed by atoms with Crippen LogP contribution in [0.25, 0.3) is 0 Å². The number of carbonyl (C=O) groups excluding carboxylic acids is 2. The minimum absolute atomic E-state index is 0. The van der Waals surface area contributed by atoms with Gasteiger partial charge in [-0.1, -0.05) is 0 Å². The van der Waals surface area contributed by atoms with Gasteiger partial charge in [0.05, 0.1) is 12.3 Å². The van der Waals surface area contributed by atoms with Crippen LogP contribution in [0, 0.1) is 0 Å². The average Bonchev–Trinajstić information content (AvgIpc) is 2.80. The van der Waals surface area contributed by atoms with Gasteiger partial charge in [0.1, 0.15) is 11.2 Å². The molecule has 3 N–H and O–H groups in total. The average molecular weight is 332 g/mol. The zero-order valence-electron chi connectivity index (χ0n) is 12.8. The molecule has 7 nitrogen and oxygen atoms in total. The minimum Gasteiger partial charge on any atom is -0.461 e. The number of amides is 1. The molecule has 8 heteroatoms. The summed E-state index contributed by atoms with van der Waals surface area (Å²) in [6.45, 7) is 3.00.